The van der Waals surface area contributed by atoms with Gasteiger partial charge in [-0.15, -0.1) is 12.4 Å². The van der Waals surface area contributed by atoms with Crippen molar-refractivity contribution in [3.05, 3.63) is 40.2 Å². The van der Waals surface area contributed by atoms with E-state index in [0.29, 0.717) is 24.0 Å². The zero-order chi connectivity index (χ0) is 18.5. The number of nitrogens with zero attached hydrogens (tertiary/aromatic N) is 2. The third-order valence-corrected chi connectivity index (χ3v) is 4.73. The first-order valence-electron chi connectivity index (χ1n) is 9.06. The van der Waals surface area contributed by atoms with E-state index in [1.54, 1.807) is 24.3 Å². The summed E-state index contributed by atoms with van der Waals surface area (Å²) in [5, 5.41) is 13.8. The molecule has 0 bridgehead atoms. The van der Waals surface area contributed by atoms with Gasteiger partial charge in [-0.3, -0.25) is 14.5 Å². The number of aryl methyl sites for hydroxylation is 1. The molecule has 8 heteroatoms. The molecule has 7 nitrogen and oxygen atoms in total. The number of rotatable bonds is 6. The van der Waals surface area contributed by atoms with E-state index in [-0.39, 0.29) is 23.7 Å². The second-order valence-corrected chi connectivity index (χ2v) is 6.35. The van der Waals surface area contributed by atoms with Crippen molar-refractivity contribution in [2.75, 3.05) is 39.4 Å². The first kappa shape index (κ1) is 21.2. The van der Waals surface area contributed by atoms with E-state index in [0.717, 1.165) is 39.3 Å². The van der Waals surface area contributed by atoms with Gasteiger partial charge in [-0.2, -0.15) is 0 Å². The molecule has 0 radical (unpaired) electrons. The fourth-order valence-electron chi connectivity index (χ4n) is 3.33. The fourth-order valence-corrected chi connectivity index (χ4v) is 3.33. The minimum Gasteiger partial charge on any atom is -0.506 e. The molecule has 148 valence electrons. The van der Waals surface area contributed by atoms with Crippen LogP contribution in [0.15, 0.2) is 29.1 Å². The van der Waals surface area contributed by atoms with Crippen molar-refractivity contribution < 1.29 is 14.6 Å². The maximum absolute atomic E-state index is 12.7. The minimum absolute atomic E-state index is 0. The third-order valence-electron chi connectivity index (χ3n) is 4.73. The number of carbonyl (C=O) groups excluding carboxylic acids is 1. The lowest BCUT2D eigenvalue weighted by molar-refractivity contribution is 0.0374. The van der Waals surface area contributed by atoms with Crippen molar-refractivity contribution in [1.82, 2.24) is 14.8 Å². The molecule has 0 saturated carbocycles. The predicted octanol–water partition coefficient (Wildman–Crippen LogP) is 1.60. The van der Waals surface area contributed by atoms with E-state index >= 15 is 0 Å². The van der Waals surface area contributed by atoms with Gasteiger partial charge >= 0.3 is 0 Å². The number of benzene rings is 1. The second kappa shape index (κ2) is 9.73. The van der Waals surface area contributed by atoms with Crippen LogP contribution in [0.4, 0.5) is 0 Å². The molecule has 0 aliphatic carbocycles. The number of aromatic hydroxyl groups is 1. The second-order valence-electron chi connectivity index (χ2n) is 6.35. The molecule has 3 rings (SSSR count). The Balaban J connectivity index is 0.00000261. The quantitative estimate of drug-likeness (QED) is 0.726. The predicted molar refractivity (Wildman–Crippen MR) is 107 cm³/mol. The van der Waals surface area contributed by atoms with Gasteiger partial charge in [0.15, 0.2) is 0 Å². The molecule has 1 aromatic carbocycles. The van der Waals surface area contributed by atoms with Crippen molar-refractivity contribution in [1.29, 1.82) is 0 Å². The number of aromatic nitrogens is 1. The summed E-state index contributed by atoms with van der Waals surface area (Å²) >= 11 is 0. The Kier molecular flexibility index (Phi) is 7.65. The monoisotopic (exact) mass is 395 g/mol. The van der Waals surface area contributed by atoms with Gasteiger partial charge in [0.05, 0.1) is 18.7 Å². The van der Waals surface area contributed by atoms with Crippen LogP contribution in [0.3, 0.4) is 0 Å². The molecule has 1 amide bonds. The van der Waals surface area contributed by atoms with Gasteiger partial charge in [-0.1, -0.05) is 12.1 Å². The summed E-state index contributed by atoms with van der Waals surface area (Å²) in [6.07, 6.45) is 0.780. The van der Waals surface area contributed by atoms with Crippen LogP contribution in [0.5, 0.6) is 5.75 Å². The molecule has 1 aliphatic rings. The number of halogens is 1. The molecule has 0 spiro atoms. The molecule has 2 N–H and O–H groups in total. The molecule has 1 fully saturated rings. The van der Waals surface area contributed by atoms with Crippen LogP contribution < -0.4 is 10.9 Å². The summed E-state index contributed by atoms with van der Waals surface area (Å²) in [4.78, 5) is 27.5. The lowest BCUT2D eigenvalue weighted by Crippen LogP contribution is -2.38. The van der Waals surface area contributed by atoms with Crippen LogP contribution in [-0.4, -0.2) is 59.9 Å². The van der Waals surface area contributed by atoms with Gasteiger partial charge in [0.1, 0.15) is 11.3 Å². The van der Waals surface area contributed by atoms with Crippen LogP contribution in [0.2, 0.25) is 0 Å². The third kappa shape index (κ3) is 4.61. The Bertz CT molecular complexity index is 847. The smallest absolute Gasteiger partial charge is 0.267 e. The lowest BCUT2D eigenvalue weighted by atomic mass is 10.1. The highest BCUT2D eigenvalue weighted by atomic mass is 35.5. The Morgan fingerprint density at radius 1 is 1.26 bits per heavy atom. The lowest BCUT2D eigenvalue weighted by Gasteiger charge is -2.26. The topological polar surface area (TPSA) is 83.8 Å². The van der Waals surface area contributed by atoms with E-state index in [9.17, 15) is 14.7 Å². The van der Waals surface area contributed by atoms with Gasteiger partial charge in [-0.05, 0) is 32.0 Å². The van der Waals surface area contributed by atoms with Gasteiger partial charge in [0.25, 0.3) is 11.5 Å². The average Bonchev–Trinajstić information content (AvgIpc) is 2.66. The van der Waals surface area contributed by atoms with Crippen LogP contribution >= 0.6 is 12.4 Å². The number of ether oxygens (including phenoxy) is 1. The highest BCUT2D eigenvalue weighted by Gasteiger charge is 2.21. The van der Waals surface area contributed by atoms with Crippen molar-refractivity contribution in [3.8, 4) is 5.75 Å². The molecule has 1 saturated heterocycles. The Morgan fingerprint density at radius 2 is 1.96 bits per heavy atom. The summed E-state index contributed by atoms with van der Waals surface area (Å²) < 4.78 is 6.82. The number of amides is 1. The van der Waals surface area contributed by atoms with Crippen molar-refractivity contribution >= 4 is 29.2 Å². The molecular weight excluding hydrogens is 370 g/mol. The summed E-state index contributed by atoms with van der Waals surface area (Å²) in [5.74, 6) is -0.775. The van der Waals surface area contributed by atoms with Crippen LogP contribution in [-0.2, 0) is 11.3 Å². The Hall–Kier alpha value is -2.09. The zero-order valence-electron chi connectivity index (χ0n) is 15.4. The molecule has 1 aromatic heterocycles. The van der Waals surface area contributed by atoms with E-state index in [1.165, 1.54) is 4.57 Å². The van der Waals surface area contributed by atoms with Crippen LogP contribution in [0.1, 0.15) is 23.7 Å². The first-order valence-corrected chi connectivity index (χ1v) is 9.06. The summed E-state index contributed by atoms with van der Waals surface area (Å²) in [5.41, 5.74) is -0.0207. The van der Waals surface area contributed by atoms with Gasteiger partial charge in [0, 0.05) is 31.6 Å². The van der Waals surface area contributed by atoms with E-state index in [2.05, 4.69) is 10.2 Å². The molecule has 2 heterocycles. The average molecular weight is 396 g/mol. The molecular formula is C19H26ClN3O4. The number of morpholine rings is 1. The first-order chi connectivity index (χ1) is 12.6. The van der Waals surface area contributed by atoms with E-state index in [4.69, 9.17) is 4.74 Å². The van der Waals surface area contributed by atoms with E-state index in [1.807, 2.05) is 6.92 Å². The van der Waals surface area contributed by atoms with E-state index < -0.39 is 11.5 Å². The molecule has 1 aliphatic heterocycles. The van der Waals surface area contributed by atoms with Crippen LogP contribution in [0.25, 0.3) is 10.9 Å². The molecule has 27 heavy (non-hydrogen) atoms. The SMILES string of the molecule is CCn1c(=O)c(C(=O)NCCCN2CCOCC2)c(O)c2ccccc21.Cl. The highest BCUT2D eigenvalue weighted by Crippen LogP contribution is 2.26. The Morgan fingerprint density at radius 3 is 2.67 bits per heavy atom. The van der Waals surface area contributed by atoms with Crippen LogP contribution in [0, 0.1) is 0 Å². The van der Waals surface area contributed by atoms with Crippen molar-refractivity contribution in [2.45, 2.75) is 19.9 Å². The van der Waals surface area contributed by atoms with Gasteiger partial charge in [0.2, 0.25) is 0 Å². The van der Waals surface area contributed by atoms with Gasteiger partial charge < -0.3 is 19.7 Å². The minimum atomic E-state index is -0.526. The number of carbonyl (C=O) groups is 1. The van der Waals surface area contributed by atoms with Crippen molar-refractivity contribution in [2.24, 2.45) is 0 Å². The zero-order valence-corrected chi connectivity index (χ0v) is 16.3. The summed E-state index contributed by atoms with van der Waals surface area (Å²) in [6.45, 7) is 6.88. The largest absolute Gasteiger partial charge is 0.506 e. The molecule has 2 aromatic rings. The fraction of sp³-hybridized carbons (Fsp3) is 0.474. The summed E-state index contributed by atoms with van der Waals surface area (Å²) in [7, 11) is 0. The number of fused-ring (bicyclic) bond motifs is 1. The highest BCUT2D eigenvalue weighted by molar-refractivity contribution is 6.02. The molecule has 0 atom stereocenters. The number of nitrogens with one attached hydrogen (secondary N) is 1. The summed E-state index contributed by atoms with van der Waals surface area (Å²) in [6, 6.07) is 7.06. The normalized spacial score (nSPS) is 14.7. The Labute approximate surface area is 164 Å². The number of hydrogen-bond acceptors (Lipinski definition) is 5. The molecule has 0 unspecified atom stereocenters. The maximum atomic E-state index is 12.7. The van der Waals surface area contributed by atoms with Gasteiger partial charge in [-0.25, -0.2) is 0 Å². The number of pyridine rings is 1. The maximum Gasteiger partial charge on any atom is 0.267 e. The number of hydrogen-bond donors (Lipinski definition) is 2. The number of para-hydroxylation sites is 1. The standard InChI is InChI=1S/C19H25N3O4.ClH/c1-2-22-15-7-4-3-6-14(15)17(23)16(19(22)25)18(24)20-8-5-9-21-10-12-26-13-11-21;/h3-4,6-7,23H,2,5,8-13H2,1H3,(H,20,24);1H. The van der Waals surface area contributed by atoms with Crippen molar-refractivity contribution in [3.63, 3.8) is 0 Å².